The fourth-order valence-corrected chi connectivity index (χ4v) is 2.44. The lowest BCUT2D eigenvalue weighted by Crippen LogP contribution is -2.49. The fraction of sp³-hybridized carbons (Fsp3) is 0.533. The predicted octanol–water partition coefficient (Wildman–Crippen LogP) is 3.59. The largest absolute Gasteiger partial charge is 0.453 e. The number of nitrogens with one attached hydrogen (secondary N) is 1. The third-order valence-electron chi connectivity index (χ3n) is 3.73. The van der Waals surface area contributed by atoms with Crippen molar-refractivity contribution in [2.24, 2.45) is 5.41 Å². The summed E-state index contributed by atoms with van der Waals surface area (Å²) in [6, 6.07) is 0. The quantitative estimate of drug-likeness (QED) is 0.776. The summed E-state index contributed by atoms with van der Waals surface area (Å²) in [6.07, 6.45) is 6.71. The van der Waals surface area contributed by atoms with E-state index in [0.717, 1.165) is 17.6 Å². The first kappa shape index (κ1) is 14.6. The maximum absolute atomic E-state index is 11.4. The molecule has 0 saturated carbocycles. The Morgan fingerprint density at radius 3 is 2.67 bits per heavy atom. The van der Waals surface area contributed by atoms with Crippen LogP contribution in [0.25, 0.3) is 0 Å². The van der Waals surface area contributed by atoms with Gasteiger partial charge in [-0.2, -0.15) is 0 Å². The molecule has 0 fully saturated rings. The Morgan fingerprint density at radius 1 is 1.56 bits per heavy atom. The summed E-state index contributed by atoms with van der Waals surface area (Å²) < 4.78 is 4.69. The van der Waals surface area contributed by atoms with Crippen molar-refractivity contribution in [1.29, 1.82) is 0 Å². The topological polar surface area (TPSA) is 38.3 Å². The Kier molecular flexibility index (Phi) is 4.05. The van der Waals surface area contributed by atoms with Crippen molar-refractivity contribution in [3.05, 3.63) is 36.0 Å². The van der Waals surface area contributed by atoms with Crippen molar-refractivity contribution in [3.8, 4) is 0 Å². The highest BCUT2D eigenvalue weighted by atomic mass is 16.5. The number of methoxy groups -OCH3 is 1. The van der Waals surface area contributed by atoms with Crippen molar-refractivity contribution in [1.82, 2.24) is 5.32 Å². The highest BCUT2D eigenvalue weighted by Gasteiger charge is 2.39. The number of alkyl carbamates (subject to hydrolysis) is 1. The second kappa shape index (κ2) is 5.01. The molecule has 100 valence electrons. The van der Waals surface area contributed by atoms with E-state index in [2.05, 4.69) is 35.7 Å². The summed E-state index contributed by atoms with van der Waals surface area (Å²) in [6.45, 7) is 12.2. The van der Waals surface area contributed by atoms with Gasteiger partial charge >= 0.3 is 6.09 Å². The number of allylic oxidation sites excluding steroid dienone is 4. The third kappa shape index (κ3) is 2.66. The molecule has 0 saturated heterocycles. The van der Waals surface area contributed by atoms with Gasteiger partial charge in [0.05, 0.1) is 12.6 Å². The van der Waals surface area contributed by atoms with Crippen LogP contribution in [0, 0.1) is 5.41 Å². The Labute approximate surface area is 110 Å². The summed E-state index contributed by atoms with van der Waals surface area (Å²) in [4.78, 5) is 11.4. The molecule has 1 aliphatic rings. The van der Waals surface area contributed by atoms with Crippen LogP contribution in [0.3, 0.4) is 0 Å². The molecule has 0 aliphatic heterocycles. The van der Waals surface area contributed by atoms with Gasteiger partial charge in [-0.3, -0.25) is 0 Å². The number of hydrogen-bond acceptors (Lipinski definition) is 2. The predicted molar refractivity (Wildman–Crippen MR) is 74.4 cm³/mol. The van der Waals surface area contributed by atoms with Crippen LogP contribution < -0.4 is 5.32 Å². The maximum Gasteiger partial charge on any atom is 0.407 e. The van der Waals surface area contributed by atoms with E-state index in [1.165, 1.54) is 7.11 Å². The van der Waals surface area contributed by atoms with E-state index in [-0.39, 0.29) is 5.41 Å². The van der Waals surface area contributed by atoms with Gasteiger partial charge in [-0.1, -0.05) is 37.3 Å². The molecule has 18 heavy (non-hydrogen) atoms. The summed E-state index contributed by atoms with van der Waals surface area (Å²) in [7, 11) is 1.37. The van der Waals surface area contributed by atoms with E-state index in [0.29, 0.717) is 0 Å². The van der Waals surface area contributed by atoms with E-state index >= 15 is 0 Å². The van der Waals surface area contributed by atoms with Gasteiger partial charge in [0.2, 0.25) is 0 Å². The molecule has 0 radical (unpaired) electrons. The molecule has 0 aromatic carbocycles. The van der Waals surface area contributed by atoms with Crippen LogP contribution >= 0.6 is 0 Å². The average molecular weight is 249 g/mol. The van der Waals surface area contributed by atoms with E-state index in [1.54, 1.807) is 0 Å². The number of rotatable bonds is 3. The monoisotopic (exact) mass is 249 g/mol. The van der Waals surface area contributed by atoms with Crippen LogP contribution in [0.15, 0.2) is 36.0 Å². The second-order valence-corrected chi connectivity index (χ2v) is 5.57. The summed E-state index contributed by atoms with van der Waals surface area (Å²) in [5, 5.41) is 2.88. The minimum absolute atomic E-state index is 0.126. The molecule has 3 heteroatoms. The van der Waals surface area contributed by atoms with Crippen molar-refractivity contribution in [3.63, 3.8) is 0 Å². The van der Waals surface area contributed by atoms with Crippen LogP contribution in [0.5, 0.6) is 0 Å². The average Bonchev–Trinajstić information content (AvgIpc) is 2.28. The SMILES string of the molecule is C=C(C)C1(C)CC=CC=C1C(C)(C)NC(=O)OC. The van der Waals surface area contributed by atoms with Crippen molar-refractivity contribution in [2.75, 3.05) is 7.11 Å². The van der Waals surface area contributed by atoms with Gasteiger partial charge in [0.1, 0.15) is 0 Å². The zero-order valence-corrected chi connectivity index (χ0v) is 12.0. The molecule has 1 rings (SSSR count). The van der Waals surface area contributed by atoms with E-state index in [9.17, 15) is 4.79 Å². The lowest BCUT2D eigenvalue weighted by atomic mass is 9.66. The third-order valence-corrected chi connectivity index (χ3v) is 3.73. The van der Waals surface area contributed by atoms with E-state index in [4.69, 9.17) is 0 Å². The lowest BCUT2D eigenvalue weighted by Gasteiger charge is -2.42. The Hall–Kier alpha value is -1.51. The van der Waals surface area contributed by atoms with Crippen LogP contribution in [0.2, 0.25) is 0 Å². The molecule has 3 nitrogen and oxygen atoms in total. The molecule has 1 atom stereocenters. The normalized spacial score (nSPS) is 23.3. The molecule has 0 heterocycles. The molecule has 0 aromatic rings. The lowest BCUT2D eigenvalue weighted by molar-refractivity contribution is 0.160. The Balaban J connectivity index is 3.11. The fourth-order valence-electron chi connectivity index (χ4n) is 2.44. The first-order valence-corrected chi connectivity index (χ1v) is 6.14. The molecule has 1 amide bonds. The highest BCUT2D eigenvalue weighted by molar-refractivity contribution is 5.69. The van der Waals surface area contributed by atoms with Gasteiger partial charge in [-0.05, 0) is 32.8 Å². The molecule has 0 aromatic heterocycles. The molecule has 0 bridgehead atoms. The molecular weight excluding hydrogens is 226 g/mol. The maximum atomic E-state index is 11.4. The van der Waals surface area contributed by atoms with Crippen LogP contribution in [-0.4, -0.2) is 18.7 Å². The number of amides is 1. The van der Waals surface area contributed by atoms with E-state index in [1.807, 2.05) is 26.8 Å². The standard InChI is InChI=1S/C15H23NO2/c1-11(2)15(5)10-8-7-9-12(15)14(3,4)16-13(17)18-6/h7-9H,1,10H2,2-6H3,(H,16,17). The number of carbonyl (C=O) groups excluding carboxylic acids is 1. The van der Waals surface area contributed by atoms with Gasteiger partial charge in [-0.15, -0.1) is 0 Å². The summed E-state index contributed by atoms with van der Waals surface area (Å²) in [5.41, 5.74) is 1.65. The Morgan fingerprint density at radius 2 is 2.17 bits per heavy atom. The van der Waals surface area contributed by atoms with Crippen molar-refractivity contribution < 1.29 is 9.53 Å². The molecule has 1 N–H and O–H groups in total. The molecular formula is C15H23NO2. The van der Waals surface area contributed by atoms with Gasteiger partial charge in [-0.25, -0.2) is 4.79 Å². The van der Waals surface area contributed by atoms with Gasteiger partial charge in [0.25, 0.3) is 0 Å². The molecule has 1 aliphatic carbocycles. The number of hydrogen-bond donors (Lipinski definition) is 1. The first-order chi connectivity index (χ1) is 8.24. The number of ether oxygens (including phenoxy) is 1. The minimum atomic E-state index is -0.467. The Bertz CT molecular complexity index is 418. The van der Waals surface area contributed by atoms with Crippen LogP contribution in [0.4, 0.5) is 4.79 Å². The molecule has 1 unspecified atom stereocenters. The van der Waals surface area contributed by atoms with Crippen molar-refractivity contribution >= 4 is 6.09 Å². The zero-order valence-electron chi connectivity index (χ0n) is 12.0. The van der Waals surface area contributed by atoms with Gasteiger partial charge in [0, 0.05) is 5.41 Å². The summed E-state index contributed by atoms with van der Waals surface area (Å²) in [5.74, 6) is 0. The van der Waals surface area contributed by atoms with E-state index < -0.39 is 11.6 Å². The molecule has 0 spiro atoms. The number of carbonyl (C=O) groups is 1. The van der Waals surface area contributed by atoms with Crippen molar-refractivity contribution in [2.45, 2.75) is 39.7 Å². The second-order valence-electron chi connectivity index (χ2n) is 5.57. The van der Waals surface area contributed by atoms with Gasteiger partial charge in [0.15, 0.2) is 0 Å². The van der Waals surface area contributed by atoms with Crippen LogP contribution in [0.1, 0.15) is 34.1 Å². The zero-order chi connectivity index (χ0) is 14.0. The summed E-state index contributed by atoms with van der Waals surface area (Å²) >= 11 is 0. The van der Waals surface area contributed by atoms with Crippen LogP contribution in [-0.2, 0) is 4.74 Å². The highest BCUT2D eigenvalue weighted by Crippen LogP contribution is 2.45. The first-order valence-electron chi connectivity index (χ1n) is 6.14. The minimum Gasteiger partial charge on any atom is -0.453 e. The smallest absolute Gasteiger partial charge is 0.407 e. The van der Waals surface area contributed by atoms with Gasteiger partial charge < -0.3 is 10.1 Å².